The number of benzene rings is 2. The number of aromatic nitrogens is 1. The number of carboxylic acid groups (broad SMARTS) is 1. The molecule has 0 saturated carbocycles. The van der Waals surface area contributed by atoms with Crippen molar-refractivity contribution in [2.75, 3.05) is 7.05 Å². The third kappa shape index (κ3) is 5.89. The quantitative estimate of drug-likeness (QED) is 0.471. The zero-order chi connectivity index (χ0) is 22.5. The van der Waals surface area contributed by atoms with Crippen LogP contribution in [-0.4, -0.2) is 27.6 Å². The molecule has 3 rings (SSSR count). The summed E-state index contributed by atoms with van der Waals surface area (Å²) in [5.41, 5.74) is 2.45. The van der Waals surface area contributed by atoms with Gasteiger partial charge in [0.05, 0.1) is 16.3 Å². The van der Waals surface area contributed by atoms with Crippen molar-refractivity contribution < 1.29 is 9.90 Å². The number of aryl methyl sites for hydroxylation is 1. The minimum Gasteiger partial charge on any atom is -0.478 e. The van der Waals surface area contributed by atoms with E-state index in [1.165, 1.54) is 6.07 Å². The highest BCUT2D eigenvalue weighted by Crippen LogP contribution is 2.22. The zero-order valence-corrected chi connectivity index (χ0v) is 19.1. The van der Waals surface area contributed by atoms with Crippen molar-refractivity contribution in [1.29, 1.82) is 0 Å². The summed E-state index contributed by atoms with van der Waals surface area (Å²) in [6.07, 6.45) is 0.526. The Kier molecular flexibility index (Phi) is 7.79. The average Bonchev–Trinajstić information content (AvgIpc) is 2.73. The van der Waals surface area contributed by atoms with Crippen LogP contribution in [0.25, 0.3) is 0 Å². The molecule has 0 aliphatic carbocycles. The number of rotatable bonds is 8. The Hall–Kier alpha value is -2.31. The van der Waals surface area contributed by atoms with Gasteiger partial charge in [-0.25, -0.2) is 4.79 Å². The van der Waals surface area contributed by atoms with Crippen molar-refractivity contribution in [3.05, 3.63) is 102 Å². The molecule has 0 amide bonds. The van der Waals surface area contributed by atoms with E-state index in [1.807, 2.05) is 36.2 Å². The molecule has 1 aromatic heterocycles. The first-order valence-electron chi connectivity index (χ1n) is 9.58. The van der Waals surface area contributed by atoms with Gasteiger partial charge >= 0.3 is 5.97 Å². The molecule has 0 fully saturated rings. The second kappa shape index (κ2) is 10.3. The van der Waals surface area contributed by atoms with Crippen LogP contribution in [0.4, 0.5) is 0 Å². The molecule has 2 aromatic carbocycles. The number of pyridine rings is 1. The first-order chi connectivity index (χ1) is 14.8. The molecule has 0 unspecified atom stereocenters. The summed E-state index contributed by atoms with van der Waals surface area (Å²) in [5, 5.41) is 10.2. The van der Waals surface area contributed by atoms with Crippen molar-refractivity contribution in [1.82, 2.24) is 9.47 Å². The summed E-state index contributed by atoms with van der Waals surface area (Å²) in [7, 11) is 1.92. The van der Waals surface area contributed by atoms with Crippen LogP contribution in [0.15, 0.2) is 59.4 Å². The number of carboxylic acids is 1. The third-order valence-corrected chi connectivity index (χ3v) is 5.91. The highest BCUT2D eigenvalue weighted by Gasteiger charge is 2.16. The van der Waals surface area contributed by atoms with E-state index in [9.17, 15) is 9.59 Å². The van der Waals surface area contributed by atoms with Crippen LogP contribution >= 0.6 is 34.8 Å². The summed E-state index contributed by atoms with van der Waals surface area (Å²) in [5.74, 6) is -0.978. The molecule has 31 heavy (non-hydrogen) atoms. The molecule has 1 N–H and O–H groups in total. The van der Waals surface area contributed by atoms with E-state index in [4.69, 9.17) is 39.9 Å². The van der Waals surface area contributed by atoms with E-state index in [0.717, 1.165) is 11.1 Å². The van der Waals surface area contributed by atoms with Crippen LogP contribution < -0.4 is 5.56 Å². The lowest BCUT2D eigenvalue weighted by molar-refractivity contribution is 0.0697. The SMILES string of the molecule is CN(Cc1ccccc1Cl)Cc1c(Cl)cc(Cl)c(=O)n1CCc1ccc(C(=O)O)cc1. The number of halogens is 3. The van der Waals surface area contributed by atoms with Gasteiger partial charge in [-0.05, 0) is 48.9 Å². The van der Waals surface area contributed by atoms with Gasteiger partial charge in [0, 0.05) is 24.7 Å². The predicted octanol–water partition coefficient (Wildman–Crippen LogP) is 5.38. The maximum absolute atomic E-state index is 12.8. The maximum Gasteiger partial charge on any atom is 0.335 e. The Morgan fingerprint density at radius 1 is 0.968 bits per heavy atom. The Balaban J connectivity index is 1.82. The normalized spacial score (nSPS) is 11.1. The maximum atomic E-state index is 12.8. The van der Waals surface area contributed by atoms with E-state index in [0.29, 0.717) is 41.8 Å². The van der Waals surface area contributed by atoms with Gasteiger partial charge in [0.1, 0.15) is 5.02 Å². The first-order valence-corrected chi connectivity index (χ1v) is 10.7. The second-order valence-corrected chi connectivity index (χ2v) is 8.48. The molecule has 3 aromatic rings. The fraction of sp³-hybridized carbons (Fsp3) is 0.217. The molecule has 0 radical (unpaired) electrons. The summed E-state index contributed by atoms with van der Waals surface area (Å²) in [6, 6.07) is 15.6. The molecule has 0 atom stereocenters. The minimum absolute atomic E-state index is 0.0590. The van der Waals surface area contributed by atoms with Crippen molar-refractivity contribution in [3.63, 3.8) is 0 Å². The van der Waals surface area contributed by atoms with E-state index < -0.39 is 5.97 Å². The van der Waals surface area contributed by atoms with Crippen LogP contribution in [0.3, 0.4) is 0 Å². The molecule has 0 spiro atoms. The monoisotopic (exact) mass is 478 g/mol. The largest absolute Gasteiger partial charge is 0.478 e. The molecule has 5 nitrogen and oxygen atoms in total. The number of hydrogen-bond acceptors (Lipinski definition) is 3. The highest BCUT2D eigenvalue weighted by molar-refractivity contribution is 6.34. The number of nitrogens with zero attached hydrogens (tertiary/aromatic N) is 2. The Labute approximate surface area is 195 Å². The van der Waals surface area contributed by atoms with Crippen LogP contribution in [0.2, 0.25) is 15.1 Å². The van der Waals surface area contributed by atoms with Crippen LogP contribution in [-0.2, 0) is 26.1 Å². The fourth-order valence-corrected chi connectivity index (χ4v) is 4.05. The topological polar surface area (TPSA) is 62.5 Å². The van der Waals surface area contributed by atoms with Crippen molar-refractivity contribution >= 4 is 40.8 Å². The summed E-state index contributed by atoms with van der Waals surface area (Å²) >= 11 is 18.8. The van der Waals surface area contributed by atoms with Gasteiger partial charge in [-0.2, -0.15) is 0 Å². The van der Waals surface area contributed by atoms with Crippen LogP contribution in [0, 0.1) is 0 Å². The van der Waals surface area contributed by atoms with Crippen molar-refractivity contribution in [3.8, 4) is 0 Å². The Bertz CT molecular complexity index is 1140. The van der Waals surface area contributed by atoms with Gasteiger partial charge in [0.25, 0.3) is 5.56 Å². The minimum atomic E-state index is -0.978. The van der Waals surface area contributed by atoms with Crippen LogP contribution in [0.5, 0.6) is 0 Å². The van der Waals surface area contributed by atoms with Crippen molar-refractivity contribution in [2.45, 2.75) is 26.1 Å². The van der Waals surface area contributed by atoms with Gasteiger partial charge < -0.3 is 9.67 Å². The summed E-state index contributed by atoms with van der Waals surface area (Å²) in [6.45, 7) is 1.37. The van der Waals surface area contributed by atoms with E-state index in [2.05, 4.69) is 0 Å². The van der Waals surface area contributed by atoms with Gasteiger partial charge in [-0.3, -0.25) is 9.69 Å². The Morgan fingerprint density at radius 3 is 2.29 bits per heavy atom. The number of carbonyl (C=O) groups is 1. The smallest absolute Gasteiger partial charge is 0.335 e. The van der Waals surface area contributed by atoms with E-state index >= 15 is 0 Å². The molecular formula is C23H21Cl3N2O3. The lowest BCUT2D eigenvalue weighted by atomic mass is 10.1. The van der Waals surface area contributed by atoms with Gasteiger partial charge in [0.15, 0.2) is 0 Å². The zero-order valence-electron chi connectivity index (χ0n) is 16.8. The van der Waals surface area contributed by atoms with Gasteiger partial charge in [0.2, 0.25) is 0 Å². The number of aromatic carboxylic acids is 1. The predicted molar refractivity (Wildman–Crippen MR) is 124 cm³/mol. The van der Waals surface area contributed by atoms with Crippen molar-refractivity contribution in [2.24, 2.45) is 0 Å². The van der Waals surface area contributed by atoms with Gasteiger partial charge in [-0.1, -0.05) is 65.1 Å². The van der Waals surface area contributed by atoms with E-state index in [1.54, 1.807) is 28.8 Å². The fourth-order valence-electron chi connectivity index (χ4n) is 3.32. The summed E-state index contributed by atoms with van der Waals surface area (Å²) < 4.78 is 1.58. The summed E-state index contributed by atoms with van der Waals surface area (Å²) in [4.78, 5) is 25.8. The lowest BCUT2D eigenvalue weighted by Gasteiger charge is -2.22. The molecule has 0 aliphatic rings. The average molecular weight is 480 g/mol. The molecule has 1 heterocycles. The number of hydrogen-bond donors (Lipinski definition) is 1. The molecular weight excluding hydrogens is 459 g/mol. The molecule has 162 valence electrons. The molecule has 0 saturated heterocycles. The molecule has 0 aliphatic heterocycles. The molecule has 8 heteroatoms. The first kappa shape index (κ1) is 23.4. The van der Waals surface area contributed by atoms with Gasteiger partial charge in [-0.15, -0.1) is 0 Å². The highest BCUT2D eigenvalue weighted by atomic mass is 35.5. The standard InChI is InChI=1S/C23H21Cl3N2O3/c1-27(13-17-4-2-3-5-18(17)24)14-21-19(25)12-20(26)22(29)28(21)11-10-15-6-8-16(9-7-15)23(30)31/h2-9,12H,10-11,13-14H2,1H3,(H,30,31). The molecule has 0 bridgehead atoms. The Morgan fingerprint density at radius 2 is 1.65 bits per heavy atom. The third-order valence-electron chi connectivity index (χ3n) is 4.95. The lowest BCUT2D eigenvalue weighted by Crippen LogP contribution is -2.29. The second-order valence-electron chi connectivity index (χ2n) is 7.26. The van der Waals surface area contributed by atoms with E-state index in [-0.39, 0.29) is 16.1 Å². The van der Waals surface area contributed by atoms with Crippen LogP contribution in [0.1, 0.15) is 27.2 Å².